The number of halogens is 3. The number of rotatable bonds is 4. The van der Waals surface area contributed by atoms with Gasteiger partial charge in [-0.05, 0) is 47.0 Å². The molecule has 9 heteroatoms. The molecule has 0 amide bonds. The molecule has 0 bridgehead atoms. The van der Waals surface area contributed by atoms with Gasteiger partial charge in [-0.25, -0.2) is 0 Å². The molecule has 136 valence electrons. The molecule has 0 atom stereocenters. The molecule has 0 unspecified atom stereocenters. The summed E-state index contributed by atoms with van der Waals surface area (Å²) in [6, 6.07) is 9.18. The molecule has 2 aromatic heterocycles. The van der Waals surface area contributed by atoms with Crippen LogP contribution in [0.5, 0.6) is 0 Å². The summed E-state index contributed by atoms with van der Waals surface area (Å²) in [5.74, 6) is 0.586. The van der Waals surface area contributed by atoms with E-state index in [9.17, 15) is 13.2 Å². The fourth-order valence-corrected chi connectivity index (χ4v) is 3.65. The van der Waals surface area contributed by atoms with E-state index in [1.165, 1.54) is 16.8 Å². The van der Waals surface area contributed by atoms with E-state index in [2.05, 4.69) is 25.9 Å². The van der Waals surface area contributed by atoms with Gasteiger partial charge in [0.2, 0.25) is 0 Å². The van der Waals surface area contributed by atoms with Gasteiger partial charge in [0.1, 0.15) is 5.82 Å². The Labute approximate surface area is 147 Å². The third kappa shape index (κ3) is 3.09. The Hall–Kier alpha value is -2.71. The number of fused-ring (bicyclic) bond motifs is 1. The highest BCUT2D eigenvalue weighted by atomic mass is 19.4. The summed E-state index contributed by atoms with van der Waals surface area (Å²) in [4.78, 5) is 0. The Morgan fingerprint density at radius 3 is 2.69 bits per heavy atom. The van der Waals surface area contributed by atoms with Crippen LogP contribution in [0.15, 0.2) is 36.4 Å². The molecular formula is C17H17F3N6. The van der Waals surface area contributed by atoms with Crippen LogP contribution in [0.1, 0.15) is 36.8 Å². The molecule has 1 saturated carbocycles. The van der Waals surface area contributed by atoms with Gasteiger partial charge in [0.05, 0.1) is 5.56 Å². The van der Waals surface area contributed by atoms with Crippen LogP contribution in [-0.4, -0.2) is 31.8 Å². The van der Waals surface area contributed by atoms with Crippen LogP contribution in [0.3, 0.4) is 0 Å². The molecular weight excluding hydrogens is 345 g/mol. The van der Waals surface area contributed by atoms with E-state index in [1.807, 2.05) is 0 Å². The van der Waals surface area contributed by atoms with Crippen molar-refractivity contribution in [2.75, 3.05) is 11.9 Å². The molecule has 3 aromatic rings. The van der Waals surface area contributed by atoms with E-state index in [4.69, 9.17) is 0 Å². The number of benzene rings is 1. The highest BCUT2D eigenvalue weighted by molar-refractivity contribution is 5.43. The first-order chi connectivity index (χ1) is 12.5. The van der Waals surface area contributed by atoms with Crippen molar-refractivity contribution in [1.82, 2.24) is 25.3 Å². The van der Waals surface area contributed by atoms with Crippen molar-refractivity contribution in [2.24, 2.45) is 0 Å². The van der Waals surface area contributed by atoms with Crippen molar-refractivity contribution in [1.29, 1.82) is 0 Å². The van der Waals surface area contributed by atoms with E-state index < -0.39 is 11.7 Å². The first-order valence-corrected chi connectivity index (χ1v) is 8.43. The quantitative estimate of drug-likeness (QED) is 0.770. The zero-order valence-electron chi connectivity index (χ0n) is 13.9. The molecule has 6 nitrogen and oxygen atoms in total. The summed E-state index contributed by atoms with van der Waals surface area (Å²) in [6.07, 6.45) is -0.659. The maximum atomic E-state index is 13.1. The maximum absolute atomic E-state index is 13.1. The number of nitrogens with one attached hydrogen (secondary N) is 1. The van der Waals surface area contributed by atoms with Gasteiger partial charge in [0.25, 0.3) is 0 Å². The molecule has 1 aliphatic rings. The summed E-state index contributed by atoms with van der Waals surface area (Å²) < 4.78 is 40.6. The molecule has 4 rings (SSSR count). The molecule has 0 radical (unpaired) electrons. The van der Waals surface area contributed by atoms with Crippen molar-refractivity contribution in [3.8, 4) is 0 Å². The summed E-state index contributed by atoms with van der Waals surface area (Å²) >= 11 is 0. The van der Waals surface area contributed by atoms with Gasteiger partial charge >= 0.3 is 6.18 Å². The minimum absolute atomic E-state index is 0.335. The van der Waals surface area contributed by atoms with Crippen LogP contribution in [0.25, 0.3) is 5.65 Å². The molecule has 0 aliphatic heterocycles. The Bertz CT molecular complexity index is 914. The number of aromatic nitrogens is 5. The van der Waals surface area contributed by atoms with Crippen molar-refractivity contribution in [3.63, 3.8) is 0 Å². The zero-order chi connectivity index (χ0) is 18.2. The fourth-order valence-electron chi connectivity index (χ4n) is 3.65. The largest absolute Gasteiger partial charge is 0.416 e. The highest BCUT2D eigenvalue weighted by Gasteiger charge is 2.38. The molecule has 1 aromatic carbocycles. The van der Waals surface area contributed by atoms with E-state index >= 15 is 0 Å². The lowest BCUT2D eigenvalue weighted by Gasteiger charge is -2.30. The predicted octanol–water partition coefficient (Wildman–Crippen LogP) is 3.46. The molecule has 0 spiro atoms. The van der Waals surface area contributed by atoms with Crippen molar-refractivity contribution in [3.05, 3.63) is 47.5 Å². The van der Waals surface area contributed by atoms with Crippen molar-refractivity contribution in [2.45, 2.75) is 37.3 Å². The molecule has 2 heterocycles. The lowest BCUT2D eigenvalue weighted by atomic mass is 9.78. The fraction of sp³-hybridized carbons (Fsp3) is 0.412. The number of anilines is 1. The first-order valence-electron chi connectivity index (χ1n) is 8.43. The van der Waals surface area contributed by atoms with E-state index in [0.29, 0.717) is 18.0 Å². The van der Waals surface area contributed by atoms with Gasteiger partial charge in [-0.15, -0.1) is 14.8 Å². The number of tetrazole rings is 1. The molecule has 1 aliphatic carbocycles. The zero-order valence-corrected chi connectivity index (χ0v) is 13.9. The standard InChI is InChI=1S/C17H17F3N6/c18-17(19,20)13-5-3-4-12(10-13)16(8-1-2-9-16)11-21-14-6-7-15-22-24-25-26(15)23-14/h3-7,10H,1-2,8-9,11H2,(H,21,23). The smallest absolute Gasteiger partial charge is 0.368 e. The average molecular weight is 362 g/mol. The summed E-state index contributed by atoms with van der Waals surface area (Å²) in [5, 5.41) is 18.6. The number of alkyl halides is 3. The predicted molar refractivity (Wildman–Crippen MR) is 88.7 cm³/mol. The second-order valence-electron chi connectivity index (χ2n) is 6.66. The number of hydrogen-bond donors (Lipinski definition) is 1. The van der Waals surface area contributed by atoms with Crippen molar-refractivity contribution < 1.29 is 13.2 Å². The van der Waals surface area contributed by atoms with Crippen LogP contribution in [0.4, 0.5) is 19.0 Å². The lowest BCUT2D eigenvalue weighted by molar-refractivity contribution is -0.137. The Kier molecular flexibility index (Phi) is 4.01. The SMILES string of the molecule is FC(F)(F)c1cccc(C2(CNc3ccc4nnnn4n3)CCCC2)c1. The van der Waals surface area contributed by atoms with Gasteiger partial charge in [-0.2, -0.15) is 13.2 Å². The number of hydrogen-bond acceptors (Lipinski definition) is 5. The lowest BCUT2D eigenvalue weighted by Crippen LogP contribution is -2.32. The van der Waals surface area contributed by atoms with E-state index in [-0.39, 0.29) is 5.41 Å². The van der Waals surface area contributed by atoms with Gasteiger partial charge in [0, 0.05) is 12.0 Å². The Balaban J connectivity index is 1.60. The van der Waals surface area contributed by atoms with Gasteiger partial charge in [-0.1, -0.05) is 31.0 Å². The van der Waals surface area contributed by atoms with Crippen molar-refractivity contribution >= 4 is 11.5 Å². The summed E-state index contributed by atoms with van der Waals surface area (Å²) in [7, 11) is 0. The Morgan fingerprint density at radius 1 is 1.12 bits per heavy atom. The molecule has 1 fully saturated rings. The average Bonchev–Trinajstić information content (AvgIpc) is 3.29. The van der Waals surface area contributed by atoms with Crippen LogP contribution in [0.2, 0.25) is 0 Å². The molecule has 0 saturated heterocycles. The normalized spacial score (nSPS) is 16.9. The second kappa shape index (κ2) is 6.22. The third-order valence-corrected chi connectivity index (χ3v) is 5.04. The van der Waals surface area contributed by atoms with E-state index in [0.717, 1.165) is 37.3 Å². The third-order valence-electron chi connectivity index (χ3n) is 5.04. The van der Waals surface area contributed by atoms with Crippen LogP contribution >= 0.6 is 0 Å². The van der Waals surface area contributed by atoms with Gasteiger partial charge in [-0.3, -0.25) is 0 Å². The maximum Gasteiger partial charge on any atom is 0.416 e. The van der Waals surface area contributed by atoms with E-state index in [1.54, 1.807) is 18.2 Å². The van der Waals surface area contributed by atoms with Gasteiger partial charge in [0.15, 0.2) is 5.65 Å². The molecule has 26 heavy (non-hydrogen) atoms. The summed E-state index contributed by atoms with van der Waals surface area (Å²) in [6.45, 7) is 0.509. The van der Waals surface area contributed by atoms with Crippen LogP contribution in [-0.2, 0) is 11.6 Å². The molecule has 1 N–H and O–H groups in total. The highest BCUT2D eigenvalue weighted by Crippen LogP contribution is 2.42. The monoisotopic (exact) mass is 362 g/mol. The minimum atomic E-state index is -4.34. The van der Waals surface area contributed by atoms with Gasteiger partial charge < -0.3 is 5.32 Å². The summed E-state index contributed by atoms with van der Waals surface area (Å²) in [5.41, 5.74) is 0.317. The minimum Gasteiger partial charge on any atom is -0.368 e. The topological polar surface area (TPSA) is 68.0 Å². The second-order valence-corrected chi connectivity index (χ2v) is 6.66. The first kappa shape index (κ1) is 16.7. The Morgan fingerprint density at radius 2 is 1.92 bits per heavy atom. The van der Waals surface area contributed by atoms with Crippen LogP contribution in [0, 0.1) is 0 Å². The van der Waals surface area contributed by atoms with Crippen LogP contribution < -0.4 is 5.32 Å². The number of nitrogens with zero attached hydrogens (tertiary/aromatic N) is 5.